The summed E-state index contributed by atoms with van der Waals surface area (Å²) >= 11 is 0. The normalized spacial score (nSPS) is 11.1. The maximum atomic E-state index is 11.9. The van der Waals surface area contributed by atoms with E-state index in [1.807, 2.05) is 6.07 Å². The third-order valence-electron chi connectivity index (χ3n) is 2.29. The van der Waals surface area contributed by atoms with Crippen LogP contribution in [0.15, 0.2) is 24.3 Å². The second kappa shape index (κ2) is 5.55. The van der Waals surface area contributed by atoms with Gasteiger partial charge in [-0.1, -0.05) is 18.2 Å². The van der Waals surface area contributed by atoms with Gasteiger partial charge in [0.25, 0.3) is 0 Å². The molecule has 86 valence electrons. The fourth-order valence-corrected chi connectivity index (χ4v) is 1.49. The number of halogens is 3. The molecule has 4 heteroatoms. The Bertz CT molecular complexity index is 377. The molecular weight excluding hydrogens is 215 g/mol. The first-order valence-corrected chi connectivity index (χ1v) is 5.08. The summed E-state index contributed by atoms with van der Waals surface area (Å²) in [5, 5.41) is 8.77. The molecule has 0 N–H and O–H groups in total. The van der Waals surface area contributed by atoms with Crippen molar-refractivity contribution in [3.8, 4) is 6.07 Å². The van der Waals surface area contributed by atoms with Crippen LogP contribution in [0.4, 0.5) is 13.2 Å². The van der Waals surface area contributed by atoms with Gasteiger partial charge < -0.3 is 0 Å². The van der Waals surface area contributed by atoms with Crippen LogP contribution in [0.1, 0.15) is 30.4 Å². The van der Waals surface area contributed by atoms with Gasteiger partial charge in [-0.15, -0.1) is 0 Å². The fourth-order valence-electron chi connectivity index (χ4n) is 1.49. The largest absolute Gasteiger partial charge is 0.389 e. The first-order chi connectivity index (χ1) is 7.53. The molecule has 0 spiro atoms. The monoisotopic (exact) mass is 227 g/mol. The van der Waals surface area contributed by atoms with Crippen LogP contribution in [0.5, 0.6) is 0 Å². The number of aryl methyl sites for hydroxylation is 1. The molecule has 0 saturated heterocycles. The Morgan fingerprint density at radius 1 is 1.12 bits per heavy atom. The molecule has 0 aromatic heterocycles. The molecule has 0 saturated carbocycles. The highest BCUT2D eigenvalue weighted by Crippen LogP contribution is 2.23. The molecule has 1 rings (SSSR count). The molecule has 0 bridgehead atoms. The number of hydrogen-bond acceptors (Lipinski definition) is 1. The molecule has 0 atom stereocenters. The van der Waals surface area contributed by atoms with Gasteiger partial charge in [0.1, 0.15) is 0 Å². The number of nitriles is 1. The third kappa shape index (κ3) is 4.35. The van der Waals surface area contributed by atoms with Crippen molar-refractivity contribution in [2.45, 2.75) is 31.9 Å². The third-order valence-corrected chi connectivity index (χ3v) is 2.29. The second-order valence-electron chi connectivity index (χ2n) is 3.59. The van der Waals surface area contributed by atoms with Crippen LogP contribution >= 0.6 is 0 Å². The highest BCUT2D eigenvalue weighted by Gasteiger charge is 2.25. The Kier molecular flexibility index (Phi) is 4.36. The Morgan fingerprint density at radius 3 is 2.44 bits per heavy atom. The van der Waals surface area contributed by atoms with Gasteiger partial charge in [0.05, 0.1) is 11.6 Å². The Morgan fingerprint density at radius 2 is 1.81 bits per heavy atom. The van der Waals surface area contributed by atoms with Crippen LogP contribution in [0, 0.1) is 11.3 Å². The van der Waals surface area contributed by atoms with Gasteiger partial charge in [0.2, 0.25) is 0 Å². The highest BCUT2D eigenvalue weighted by atomic mass is 19.4. The standard InChI is InChI=1S/C12H12F3N/c13-12(14,15)8-4-3-6-10-5-1-2-7-11(10)9-16/h1-2,5,7H,3-4,6,8H2. The van der Waals surface area contributed by atoms with Crippen LogP contribution in [0.2, 0.25) is 0 Å². The van der Waals surface area contributed by atoms with Gasteiger partial charge in [-0.3, -0.25) is 0 Å². The van der Waals surface area contributed by atoms with E-state index in [4.69, 9.17) is 5.26 Å². The van der Waals surface area contributed by atoms with Crippen molar-refractivity contribution >= 4 is 0 Å². The molecule has 0 unspecified atom stereocenters. The van der Waals surface area contributed by atoms with Crippen LogP contribution in [0.3, 0.4) is 0 Å². The summed E-state index contributed by atoms with van der Waals surface area (Å²) < 4.78 is 35.6. The van der Waals surface area contributed by atoms with Crippen LogP contribution in [-0.4, -0.2) is 6.18 Å². The van der Waals surface area contributed by atoms with E-state index in [0.717, 1.165) is 5.56 Å². The zero-order chi connectivity index (χ0) is 12.0. The van der Waals surface area contributed by atoms with Crippen molar-refractivity contribution in [1.29, 1.82) is 5.26 Å². The molecule has 0 heterocycles. The maximum Gasteiger partial charge on any atom is 0.389 e. The van der Waals surface area contributed by atoms with Crippen molar-refractivity contribution < 1.29 is 13.2 Å². The van der Waals surface area contributed by atoms with Crippen molar-refractivity contribution in [3.63, 3.8) is 0 Å². The summed E-state index contributed by atoms with van der Waals surface area (Å²) in [6, 6.07) is 9.03. The van der Waals surface area contributed by atoms with E-state index in [9.17, 15) is 13.2 Å². The highest BCUT2D eigenvalue weighted by molar-refractivity contribution is 5.37. The van der Waals surface area contributed by atoms with Crippen molar-refractivity contribution in [2.24, 2.45) is 0 Å². The maximum absolute atomic E-state index is 11.9. The predicted octanol–water partition coefficient (Wildman–Crippen LogP) is 3.83. The molecule has 16 heavy (non-hydrogen) atoms. The topological polar surface area (TPSA) is 23.8 Å². The lowest BCUT2D eigenvalue weighted by molar-refractivity contribution is -0.135. The summed E-state index contributed by atoms with van der Waals surface area (Å²) in [6.45, 7) is 0. The van der Waals surface area contributed by atoms with E-state index >= 15 is 0 Å². The van der Waals surface area contributed by atoms with Crippen LogP contribution in [0.25, 0.3) is 0 Å². The molecule has 0 radical (unpaired) electrons. The zero-order valence-electron chi connectivity index (χ0n) is 8.72. The Balaban J connectivity index is 2.41. The van der Waals surface area contributed by atoms with Gasteiger partial charge in [0, 0.05) is 6.42 Å². The molecule has 0 aliphatic rings. The molecule has 0 aliphatic heterocycles. The molecule has 1 aromatic carbocycles. The van der Waals surface area contributed by atoms with E-state index in [0.29, 0.717) is 18.4 Å². The quantitative estimate of drug-likeness (QED) is 0.717. The number of nitrogens with zero attached hydrogens (tertiary/aromatic N) is 1. The Hall–Kier alpha value is -1.50. The number of rotatable bonds is 4. The lowest BCUT2D eigenvalue weighted by Crippen LogP contribution is -2.06. The average Bonchev–Trinajstić information content (AvgIpc) is 2.23. The van der Waals surface area contributed by atoms with Crippen molar-refractivity contribution in [2.75, 3.05) is 0 Å². The SMILES string of the molecule is N#Cc1ccccc1CCCCC(F)(F)F. The van der Waals surface area contributed by atoms with Gasteiger partial charge in [-0.2, -0.15) is 18.4 Å². The second-order valence-corrected chi connectivity index (χ2v) is 3.59. The molecule has 0 aliphatic carbocycles. The van der Waals surface area contributed by atoms with E-state index in [1.165, 1.54) is 0 Å². The zero-order valence-corrected chi connectivity index (χ0v) is 8.72. The first kappa shape index (κ1) is 12.6. The summed E-state index contributed by atoms with van der Waals surface area (Å²) in [5.41, 5.74) is 1.38. The van der Waals surface area contributed by atoms with Crippen LogP contribution < -0.4 is 0 Å². The lowest BCUT2D eigenvalue weighted by atomic mass is 10.0. The van der Waals surface area contributed by atoms with Crippen molar-refractivity contribution in [1.82, 2.24) is 0 Å². The number of unbranched alkanes of at least 4 members (excludes halogenated alkanes) is 1. The minimum Gasteiger partial charge on any atom is -0.192 e. The van der Waals surface area contributed by atoms with Crippen LogP contribution in [-0.2, 0) is 6.42 Å². The van der Waals surface area contributed by atoms with Gasteiger partial charge in [-0.25, -0.2) is 0 Å². The smallest absolute Gasteiger partial charge is 0.192 e. The summed E-state index contributed by atoms with van der Waals surface area (Å²) in [4.78, 5) is 0. The minimum atomic E-state index is -4.07. The summed E-state index contributed by atoms with van der Waals surface area (Å²) in [6.07, 6.45) is -3.72. The van der Waals surface area contributed by atoms with E-state index in [-0.39, 0.29) is 6.42 Å². The van der Waals surface area contributed by atoms with Gasteiger partial charge in [-0.05, 0) is 30.9 Å². The number of alkyl halides is 3. The molecule has 0 fully saturated rings. The lowest BCUT2D eigenvalue weighted by Gasteiger charge is -2.06. The fraction of sp³-hybridized carbons (Fsp3) is 0.417. The average molecular weight is 227 g/mol. The Labute approximate surface area is 92.5 Å². The summed E-state index contributed by atoms with van der Waals surface area (Å²) in [5.74, 6) is 0. The summed E-state index contributed by atoms with van der Waals surface area (Å²) in [7, 11) is 0. The van der Waals surface area contributed by atoms with E-state index < -0.39 is 12.6 Å². The molecule has 1 nitrogen and oxygen atoms in total. The van der Waals surface area contributed by atoms with Gasteiger partial charge in [0.15, 0.2) is 0 Å². The number of hydrogen-bond donors (Lipinski definition) is 0. The van der Waals surface area contributed by atoms with Gasteiger partial charge >= 0.3 is 6.18 Å². The van der Waals surface area contributed by atoms with E-state index in [1.54, 1.807) is 24.3 Å². The predicted molar refractivity (Wildman–Crippen MR) is 54.8 cm³/mol. The first-order valence-electron chi connectivity index (χ1n) is 5.08. The minimum absolute atomic E-state index is 0.114. The molecule has 0 amide bonds. The van der Waals surface area contributed by atoms with Crippen molar-refractivity contribution in [3.05, 3.63) is 35.4 Å². The van der Waals surface area contributed by atoms with E-state index in [2.05, 4.69) is 0 Å². The molecular formula is C12H12F3N. The molecule has 1 aromatic rings. The number of benzene rings is 1.